The number of anilines is 2. The maximum absolute atomic E-state index is 12.9. The molecule has 0 radical (unpaired) electrons. The summed E-state index contributed by atoms with van der Waals surface area (Å²) in [6.07, 6.45) is 0.735. The fraction of sp³-hybridized carbons (Fsp3) is 0.286. The molecule has 2 atom stereocenters. The summed E-state index contributed by atoms with van der Waals surface area (Å²) in [4.78, 5) is 27.7. The molecular weight excluding hydrogens is 428 g/mol. The standard InChI is InChI=1S/C28H30N2O2S/c1-4-23(20-10-6-5-7-11-20)27(32)29-22-16-14-21(15-17-22)28-30(26(31)18-33-28)25-13-9-8-12-24(25)19(2)3/h5-17,19,23,28H,4,18H2,1-3H3,(H,29,32)/t23-,28+/m0/s1. The van der Waals surface area contributed by atoms with Crippen LogP contribution in [0.3, 0.4) is 0 Å². The molecule has 1 saturated heterocycles. The third-order valence-corrected chi connectivity index (χ3v) is 7.29. The molecule has 170 valence electrons. The molecule has 1 N–H and O–H groups in total. The van der Waals surface area contributed by atoms with Crippen molar-refractivity contribution in [2.45, 2.75) is 44.4 Å². The highest BCUT2D eigenvalue weighted by molar-refractivity contribution is 8.00. The summed E-state index contributed by atoms with van der Waals surface area (Å²) < 4.78 is 0. The monoisotopic (exact) mass is 458 g/mol. The van der Waals surface area contributed by atoms with Crippen LogP contribution in [-0.4, -0.2) is 17.6 Å². The zero-order valence-corrected chi connectivity index (χ0v) is 20.1. The molecule has 0 unspecified atom stereocenters. The number of amides is 2. The maximum atomic E-state index is 12.9. The van der Waals surface area contributed by atoms with Crippen molar-refractivity contribution in [3.05, 3.63) is 95.6 Å². The molecule has 33 heavy (non-hydrogen) atoms. The van der Waals surface area contributed by atoms with Crippen molar-refractivity contribution in [1.29, 1.82) is 0 Å². The summed E-state index contributed by atoms with van der Waals surface area (Å²) >= 11 is 1.64. The van der Waals surface area contributed by atoms with Crippen LogP contribution in [0.1, 0.15) is 61.1 Å². The lowest BCUT2D eigenvalue weighted by Gasteiger charge is -2.27. The highest BCUT2D eigenvalue weighted by Crippen LogP contribution is 2.44. The molecule has 3 aromatic carbocycles. The normalized spacial score (nSPS) is 16.8. The van der Waals surface area contributed by atoms with Crippen molar-refractivity contribution in [2.75, 3.05) is 16.0 Å². The summed E-state index contributed by atoms with van der Waals surface area (Å²) in [7, 11) is 0. The molecule has 5 heteroatoms. The zero-order valence-electron chi connectivity index (χ0n) is 19.3. The Morgan fingerprint density at radius 1 is 1.00 bits per heavy atom. The van der Waals surface area contributed by atoms with E-state index in [1.165, 1.54) is 5.56 Å². The SMILES string of the molecule is CC[C@H](C(=O)Nc1ccc([C@H]2SCC(=O)N2c2ccccc2C(C)C)cc1)c1ccccc1. The first-order valence-corrected chi connectivity index (χ1v) is 12.5. The van der Waals surface area contributed by atoms with Crippen LogP contribution in [-0.2, 0) is 9.59 Å². The average molecular weight is 459 g/mol. The van der Waals surface area contributed by atoms with Crippen LogP contribution in [0.15, 0.2) is 78.9 Å². The van der Waals surface area contributed by atoms with E-state index in [-0.39, 0.29) is 23.1 Å². The summed E-state index contributed by atoms with van der Waals surface area (Å²) in [5.74, 6) is 0.731. The predicted octanol–water partition coefficient (Wildman–Crippen LogP) is 6.72. The summed E-state index contributed by atoms with van der Waals surface area (Å²) in [6, 6.07) is 25.9. The molecule has 1 aliphatic rings. The van der Waals surface area contributed by atoms with Gasteiger partial charge in [0.1, 0.15) is 5.37 Å². The van der Waals surface area contributed by atoms with Crippen molar-refractivity contribution >= 4 is 35.0 Å². The Labute approximate surface area is 200 Å². The minimum atomic E-state index is -0.183. The number of carbonyl (C=O) groups is 2. The number of carbonyl (C=O) groups excluding carboxylic acids is 2. The average Bonchev–Trinajstić information content (AvgIpc) is 3.22. The molecule has 0 aromatic heterocycles. The number of rotatable bonds is 7. The number of thioether (sulfide) groups is 1. The second-order valence-corrected chi connectivity index (χ2v) is 9.69. The van der Waals surface area contributed by atoms with Gasteiger partial charge in [0, 0.05) is 11.4 Å². The van der Waals surface area contributed by atoms with Gasteiger partial charge >= 0.3 is 0 Å². The molecule has 4 nitrogen and oxygen atoms in total. The van der Waals surface area contributed by atoms with E-state index in [0.717, 1.165) is 28.9 Å². The predicted molar refractivity (Wildman–Crippen MR) is 138 cm³/mol. The van der Waals surface area contributed by atoms with Gasteiger partial charge in [0.15, 0.2) is 0 Å². The molecule has 0 aliphatic carbocycles. The van der Waals surface area contributed by atoms with Crippen molar-refractivity contribution in [3.8, 4) is 0 Å². The van der Waals surface area contributed by atoms with E-state index in [4.69, 9.17) is 0 Å². The molecule has 2 amide bonds. The molecule has 3 aromatic rings. The Balaban J connectivity index is 1.53. The van der Waals surface area contributed by atoms with Crippen molar-refractivity contribution in [1.82, 2.24) is 0 Å². The lowest BCUT2D eigenvalue weighted by Crippen LogP contribution is -2.29. The number of nitrogens with zero attached hydrogens (tertiary/aromatic N) is 1. The highest BCUT2D eigenvalue weighted by Gasteiger charge is 2.35. The number of benzene rings is 3. The summed E-state index contributed by atoms with van der Waals surface area (Å²) in [6.45, 7) is 6.33. The first-order valence-electron chi connectivity index (χ1n) is 11.5. The fourth-order valence-corrected chi connectivity index (χ4v) is 5.51. The van der Waals surface area contributed by atoms with E-state index >= 15 is 0 Å². The van der Waals surface area contributed by atoms with Crippen LogP contribution in [0.25, 0.3) is 0 Å². The van der Waals surface area contributed by atoms with Crippen LogP contribution in [0, 0.1) is 0 Å². The van der Waals surface area contributed by atoms with Crippen LogP contribution >= 0.6 is 11.8 Å². The number of hydrogen-bond acceptors (Lipinski definition) is 3. The Kier molecular flexibility index (Phi) is 7.19. The Morgan fingerprint density at radius 3 is 2.33 bits per heavy atom. The highest BCUT2D eigenvalue weighted by atomic mass is 32.2. The number of nitrogens with one attached hydrogen (secondary N) is 1. The molecule has 1 fully saturated rings. The van der Waals surface area contributed by atoms with Gasteiger partial charge in [-0.2, -0.15) is 0 Å². The topological polar surface area (TPSA) is 49.4 Å². The smallest absolute Gasteiger partial charge is 0.238 e. The van der Waals surface area contributed by atoms with Crippen molar-refractivity contribution in [2.24, 2.45) is 0 Å². The van der Waals surface area contributed by atoms with Crippen LogP contribution in [0.5, 0.6) is 0 Å². The molecule has 1 aliphatic heterocycles. The molecule has 0 spiro atoms. The van der Waals surface area contributed by atoms with Crippen LogP contribution in [0.4, 0.5) is 11.4 Å². The van der Waals surface area contributed by atoms with Gasteiger partial charge in [-0.15, -0.1) is 11.8 Å². The lowest BCUT2D eigenvalue weighted by atomic mass is 9.95. The van der Waals surface area contributed by atoms with Gasteiger partial charge in [-0.3, -0.25) is 14.5 Å². The Morgan fingerprint density at radius 2 is 1.67 bits per heavy atom. The lowest BCUT2D eigenvalue weighted by molar-refractivity contribution is -0.118. The van der Waals surface area contributed by atoms with Gasteiger partial charge < -0.3 is 5.32 Å². The second kappa shape index (κ2) is 10.3. The van der Waals surface area contributed by atoms with Gasteiger partial charge in [0.05, 0.1) is 11.7 Å². The maximum Gasteiger partial charge on any atom is 0.238 e. The van der Waals surface area contributed by atoms with Gasteiger partial charge in [-0.05, 0) is 47.2 Å². The second-order valence-electron chi connectivity index (χ2n) is 8.62. The number of hydrogen-bond donors (Lipinski definition) is 1. The first kappa shape index (κ1) is 23.1. The molecule has 0 saturated carbocycles. The van der Waals surface area contributed by atoms with E-state index in [0.29, 0.717) is 11.7 Å². The molecule has 0 bridgehead atoms. The third kappa shape index (κ3) is 4.98. The van der Waals surface area contributed by atoms with E-state index in [1.54, 1.807) is 11.8 Å². The summed E-state index contributed by atoms with van der Waals surface area (Å²) in [5.41, 5.74) is 5.00. The molecule has 1 heterocycles. The first-order chi connectivity index (χ1) is 16.0. The van der Waals surface area contributed by atoms with Crippen LogP contribution in [0.2, 0.25) is 0 Å². The van der Waals surface area contributed by atoms with Gasteiger partial charge in [0.2, 0.25) is 11.8 Å². The van der Waals surface area contributed by atoms with E-state index < -0.39 is 0 Å². The van der Waals surface area contributed by atoms with E-state index in [9.17, 15) is 9.59 Å². The fourth-order valence-electron chi connectivity index (χ4n) is 4.34. The van der Waals surface area contributed by atoms with Gasteiger partial charge in [-0.25, -0.2) is 0 Å². The van der Waals surface area contributed by atoms with Crippen molar-refractivity contribution in [3.63, 3.8) is 0 Å². The Hall–Kier alpha value is -3.05. The number of para-hydroxylation sites is 1. The van der Waals surface area contributed by atoms with Crippen LogP contribution < -0.4 is 10.2 Å². The van der Waals surface area contributed by atoms with Gasteiger partial charge in [-0.1, -0.05) is 81.4 Å². The summed E-state index contributed by atoms with van der Waals surface area (Å²) in [5, 5.41) is 2.98. The van der Waals surface area contributed by atoms with Gasteiger partial charge in [0.25, 0.3) is 0 Å². The third-order valence-electron chi connectivity index (χ3n) is 6.08. The molecular formula is C28H30N2O2S. The minimum absolute atomic E-state index is 0.00523. The minimum Gasteiger partial charge on any atom is -0.326 e. The molecule has 4 rings (SSSR count). The van der Waals surface area contributed by atoms with E-state index in [1.807, 2.05) is 84.6 Å². The zero-order chi connectivity index (χ0) is 23.4. The van der Waals surface area contributed by atoms with E-state index in [2.05, 4.69) is 25.2 Å². The Bertz CT molecular complexity index is 1110. The quantitative estimate of drug-likeness (QED) is 0.427. The van der Waals surface area contributed by atoms with Crippen molar-refractivity contribution < 1.29 is 9.59 Å². The largest absolute Gasteiger partial charge is 0.326 e.